The molecule has 3 rings (SSSR count). The summed E-state index contributed by atoms with van der Waals surface area (Å²) in [5, 5.41) is 6.75. The number of hydrogen-bond donors (Lipinski definition) is 2. The third-order valence-corrected chi connectivity index (χ3v) is 4.62. The van der Waals surface area contributed by atoms with Crippen LogP contribution in [0.25, 0.3) is 0 Å². The van der Waals surface area contributed by atoms with Gasteiger partial charge in [-0.3, -0.25) is 4.99 Å². The number of hydrogen-bond acceptors (Lipinski definition) is 4. The summed E-state index contributed by atoms with van der Waals surface area (Å²) < 4.78 is 10.8. The highest BCUT2D eigenvalue weighted by Gasteiger charge is 2.20. The molecule has 6 heteroatoms. The summed E-state index contributed by atoms with van der Waals surface area (Å²) in [5.74, 6) is 2.58. The molecule has 132 valence electrons. The fourth-order valence-electron chi connectivity index (χ4n) is 3.17. The van der Waals surface area contributed by atoms with Gasteiger partial charge in [0, 0.05) is 19.1 Å². The molecule has 0 aromatic heterocycles. The molecule has 1 fully saturated rings. The van der Waals surface area contributed by atoms with Crippen LogP contribution in [-0.4, -0.2) is 56.9 Å². The lowest BCUT2D eigenvalue weighted by Gasteiger charge is -2.18. The van der Waals surface area contributed by atoms with Gasteiger partial charge in [0.05, 0.1) is 6.54 Å². The molecule has 0 saturated carbocycles. The van der Waals surface area contributed by atoms with E-state index in [0.29, 0.717) is 12.8 Å². The van der Waals surface area contributed by atoms with Gasteiger partial charge in [-0.25, -0.2) is 0 Å². The molecular formula is C18H28N4O2. The quantitative estimate of drug-likeness (QED) is 0.612. The Kier molecular flexibility index (Phi) is 5.80. The maximum absolute atomic E-state index is 5.43. The van der Waals surface area contributed by atoms with E-state index in [1.807, 2.05) is 6.07 Å². The number of fused-ring (bicyclic) bond motifs is 1. The van der Waals surface area contributed by atoms with Gasteiger partial charge in [0.25, 0.3) is 0 Å². The van der Waals surface area contributed by atoms with E-state index in [0.717, 1.165) is 43.5 Å². The zero-order chi connectivity index (χ0) is 16.8. The van der Waals surface area contributed by atoms with Gasteiger partial charge in [0.2, 0.25) is 6.79 Å². The van der Waals surface area contributed by atoms with Crippen LogP contribution < -0.4 is 20.1 Å². The van der Waals surface area contributed by atoms with Crippen molar-refractivity contribution in [3.05, 3.63) is 23.8 Å². The van der Waals surface area contributed by atoms with Crippen LogP contribution in [0.2, 0.25) is 0 Å². The van der Waals surface area contributed by atoms with Crippen LogP contribution in [0.4, 0.5) is 0 Å². The smallest absolute Gasteiger partial charge is 0.231 e. The van der Waals surface area contributed by atoms with Gasteiger partial charge >= 0.3 is 0 Å². The lowest BCUT2D eigenvalue weighted by Crippen LogP contribution is -2.39. The molecule has 2 aliphatic heterocycles. The van der Waals surface area contributed by atoms with Gasteiger partial charge in [0.15, 0.2) is 17.5 Å². The molecule has 0 radical (unpaired) electrons. The van der Waals surface area contributed by atoms with E-state index >= 15 is 0 Å². The molecule has 2 heterocycles. The van der Waals surface area contributed by atoms with Crippen LogP contribution in [0.15, 0.2) is 23.2 Å². The molecule has 2 N–H and O–H groups in total. The molecule has 6 nitrogen and oxygen atoms in total. The number of likely N-dealkylation sites (tertiary alicyclic amines) is 1. The van der Waals surface area contributed by atoms with Gasteiger partial charge in [0.1, 0.15) is 0 Å². The first-order valence-corrected chi connectivity index (χ1v) is 8.87. The van der Waals surface area contributed by atoms with E-state index in [9.17, 15) is 0 Å². The van der Waals surface area contributed by atoms with Crippen molar-refractivity contribution >= 4 is 5.96 Å². The Balaban J connectivity index is 1.48. The first-order valence-electron chi connectivity index (χ1n) is 8.87. The molecule has 1 atom stereocenters. The monoisotopic (exact) mass is 332 g/mol. The number of guanidine groups is 1. The van der Waals surface area contributed by atoms with Crippen LogP contribution in [0, 0.1) is 0 Å². The van der Waals surface area contributed by atoms with Crippen molar-refractivity contribution in [3.63, 3.8) is 0 Å². The van der Waals surface area contributed by atoms with Crippen LogP contribution in [0.5, 0.6) is 11.5 Å². The molecule has 0 bridgehead atoms. The number of nitrogens with one attached hydrogen (secondary N) is 2. The topological polar surface area (TPSA) is 58.1 Å². The zero-order valence-corrected chi connectivity index (χ0v) is 14.7. The SMILES string of the molecule is CCNC(=NCC1CCCN1C)NCCc1ccc2c(c1)OCO2. The highest BCUT2D eigenvalue weighted by Crippen LogP contribution is 2.32. The van der Waals surface area contributed by atoms with E-state index in [1.54, 1.807) is 0 Å². The van der Waals surface area contributed by atoms with E-state index in [2.05, 4.69) is 41.6 Å². The molecule has 0 spiro atoms. The van der Waals surface area contributed by atoms with E-state index in [-0.39, 0.29) is 0 Å². The van der Waals surface area contributed by atoms with Crippen molar-refractivity contribution in [2.24, 2.45) is 4.99 Å². The fourth-order valence-corrected chi connectivity index (χ4v) is 3.17. The third-order valence-electron chi connectivity index (χ3n) is 4.62. The van der Waals surface area contributed by atoms with Crippen molar-refractivity contribution in [2.75, 3.05) is 40.0 Å². The summed E-state index contributed by atoms with van der Waals surface area (Å²) in [6.45, 7) is 6.17. The Bertz CT molecular complexity index is 576. The Hall–Kier alpha value is -1.95. The standard InChI is InChI=1S/C18H28N4O2/c1-3-19-18(21-12-15-5-4-10-22(15)2)20-9-8-14-6-7-16-17(11-14)24-13-23-16/h6-7,11,15H,3-5,8-10,12-13H2,1-2H3,(H2,19,20,21). The predicted molar refractivity (Wildman–Crippen MR) is 95.9 cm³/mol. The minimum absolute atomic E-state index is 0.323. The second-order valence-electron chi connectivity index (χ2n) is 6.36. The van der Waals surface area contributed by atoms with Gasteiger partial charge in [-0.15, -0.1) is 0 Å². The molecule has 1 aromatic rings. The van der Waals surface area contributed by atoms with Crippen LogP contribution in [-0.2, 0) is 6.42 Å². The minimum atomic E-state index is 0.323. The maximum Gasteiger partial charge on any atom is 0.231 e. The average Bonchev–Trinajstić information content (AvgIpc) is 3.21. The molecule has 0 amide bonds. The van der Waals surface area contributed by atoms with Crippen LogP contribution in [0.1, 0.15) is 25.3 Å². The summed E-state index contributed by atoms with van der Waals surface area (Å²) in [6, 6.07) is 6.70. The normalized spacial score (nSPS) is 20.4. The summed E-state index contributed by atoms with van der Waals surface area (Å²) in [4.78, 5) is 7.15. The van der Waals surface area contributed by atoms with E-state index < -0.39 is 0 Å². The molecule has 1 aromatic carbocycles. The third kappa shape index (κ3) is 4.32. The number of likely N-dealkylation sites (N-methyl/N-ethyl adjacent to an activating group) is 1. The average molecular weight is 332 g/mol. The van der Waals surface area contributed by atoms with Crippen molar-refractivity contribution in [2.45, 2.75) is 32.2 Å². The Morgan fingerprint density at radius 2 is 2.17 bits per heavy atom. The fraction of sp³-hybridized carbons (Fsp3) is 0.611. The number of ether oxygens (including phenoxy) is 2. The summed E-state index contributed by atoms with van der Waals surface area (Å²) in [6.07, 6.45) is 3.45. The largest absolute Gasteiger partial charge is 0.454 e. The number of benzene rings is 1. The molecule has 1 saturated heterocycles. The highest BCUT2D eigenvalue weighted by molar-refractivity contribution is 5.79. The lowest BCUT2D eigenvalue weighted by molar-refractivity contribution is 0.174. The van der Waals surface area contributed by atoms with Crippen molar-refractivity contribution in [3.8, 4) is 11.5 Å². The number of rotatable bonds is 6. The Morgan fingerprint density at radius 1 is 1.29 bits per heavy atom. The first-order chi connectivity index (χ1) is 11.8. The van der Waals surface area contributed by atoms with Crippen molar-refractivity contribution in [1.29, 1.82) is 0 Å². The van der Waals surface area contributed by atoms with Crippen molar-refractivity contribution in [1.82, 2.24) is 15.5 Å². The Morgan fingerprint density at radius 3 is 2.96 bits per heavy atom. The van der Waals surface area contributed by atoms with Gasteiger partial charge in [-0.05, 0) is 57.5 Å². The molecule has 2 aliphatic rings. The molecular weight excluding hydrogens is 304 g/mol. The van der Waals surface area contributed by atoms with Crippen molar-refractivity contribution < 1.29 is 9.47 Å². The second kappa shape index (κ2) is 8.24. The maximum atomic E-state index is 5.43. The highest BCUT2D eigenvalue weighted by atomic mass is 16.7. The predicted octanol–water partition coefficient (Wildman–Crippen LogP) is 1.61. The Labute approximate surface area is 144 Å². The number of nitrogens with zero attached hydrogens (tertiary/aromatic N) is 2. The molecule has 24 heavy (non-hydrogen) atoms. The van der Waals surface area contributed by atoms with Crippen LogP contribution in [0.3, 0.4) is 0 Å². The van der Waals surface area contributed by atoms with E-state index in [1.165, 1.54) is 24.9 Å². The molecule has 1 unspecified atom stereocenters. The minimum Gasteiger partial charge on any atom is -0.454 e. The summed E-state index contributed by atoms with van der Waals surface area (Å²) in [7, 11) is 2.19. The van der Waals surface area contributed by atoms with Crippen LogP contribution >= 0.6 is 0 Å². The van der Waals surface area contributed by atoms with Gasteiger partial charge < -0.3 is 25.0 Å². The molecule has 0 aliphatic carbocycles. The number of aliphatic imine (C=N–C) groups is 1. The zero-order valence-electron chi connectivity index (χ0n) is 14.7. The van der Waals surface area contributed by atoms with Gasteiger partial charge in [-0.1, -0.05) is 6.07 Å². The second-order valence-corrected chi connectivity index (χ2v) is 6.36. The summed E-state index contributed by atoms with van der Waals surface area (Å²) >= 11 is 0. The summed E-state index contributed by atoms with van der Waals surface area (Å²) in [5.41, 5.74) is 1.23. The lowest BCUT2D eigenvalue weighted by atomic mass is 10.1. The van der Waals surface area contributed by atoms with Gasteiger partial charge in [-0.2, -0.15) is 0 Å². The first kappa shape index (κ1) is 16.9. The van der Waals surface area contributed by atoms with E-state index in [4.69, 9.17) is 14.5 Å².